The Morgan fingerprint density at radius 2 is 1.14 bits per heavy atom. The predicted molar refractivity (Wildman–Crippen MR) is 64.7 cm³/mol. The molecule has 0 rings (SSSR count). The SMILES string of the molecule is C=C/C=C\C(=C)C#CC(=C)/C=C\C=C. The van der Waals surface area contributed by atoms with Crippen LogP contribution in [0.4, 0.5) is 0 Å². The predicted octanol–water partition coefficient (Wildman–Crippen LogP) is 3.59. The molecule has 0 aromatic carbocycles. The van der Waals surface area contributed by atoms with Gasteiger partial charge in [-0.1, -0.05) is 62.5 Å². The molecule has 0 saturated heterocycles. The summed E-state index contributed by atoms with van der Waals surface area (Å²) < 4.78 is 0. The van der Waals surface area contributed by atoms with E-state index in [0.29, 0.717) is 0 Å². The van der Waals surface area contributed by atoms with E-state index in [1.807, 2.05) is 0 Å². The Morgan fingerprint density at radius 3 is 1.43 bits per heavy atom. The van der Waals surface area contributed by atoms with Crippen molar-refractivity contribution in [2.45, 2.75) is 0 Å². The molecule has 0 heteroatoms. The third-order valence-corrected chi connectivity index (χ3v) is 1.25. The lowest BCUT2D eigenvalue weighted by molar-refractivity contribution is 1.78. The fourth-order valence-corrected chi connectivity index (χ4v) is 0.612. The summed E-state index contributed by atoms with van der Waals surface area (Å²) in [5.74, 6) is 5.72. The van der Waals surface area contributed by atoms with Crippen molar-refractivity contribution in [3.8, 4) is 11.8 Å². The van der Waals surface area contributed by atoms with Gasteiger partial charge in [0, 0.05) is 11.1 Å². The molecule has 0 nitrogen and oxygen atoms in total. The summed E-state index contributed by atoms with van der Waals surface area (Å²) in [6.45, 7) is 14.6. The summed E-state index contributed by atoms with van der Waals surface area (Å²) in [6.07, 6.45) is 10.5. The zero-order valence-corrected chi connectivity index (χ0v) is 8.29. The van der Waals surface area contributed by atoms with Crippen LogP contribution in [0, 0.1) is 11.8 Å². The van der Waals surface area contributed by atoms with Crippen LogP contribution in [0.2, 0.25) is 0 Å². The van der Waals surface area contributed by atoms with Gasteiger partial charge in [-0.2, -0.15) is 0 Å². The first-order valence-corrected chi connectivity index (χ1v) is 4.18. The van der Waals surface area contributed by atoms with Crippen LogP contribution >= 0.6 is 0 Å². The maximum absolute atomic E-state index is 3.75. The highest BCUT2D eigenvalue weighted by atomic mass is 13.8. The van der Waals surface area contributed by atoms with Gasteiger partial charge in [0.25, 0.3) is 0 Å². The Labute approximate surface area is 86.3 Å². The van der Waals surface area contributed by atoms with Gasteiger partial charge in [-0.3, -0.25) is 0 Å². The summed E-state index contributed by atoms with van der Waals surface area (Å²) in [5, 5.41) is 0. The van der Waals surface area contributed by atoms with Gasteiger partial charge < -0.3 is 0 Å². The minimum absolute atomic E-state index is 0.734. The lowest BCUT2D eigenvalue weighted by Gasteiger charge is -1.84. The van der Waals surface area contributed by atoms with E-state index in [0.717, 1.165) is 11.1 Å². The van der Waals surface area contributed by atoms with Crippen molar-refractivity contribution in [3.05, 3.63) is 73.9 Å². The maximum Gasteiger partial charge on any atom is 0.0177 e. The molecular formula is C14H14. The van der Waals surface area contributed by atoms with Crippen molar-refractivity contribution in [2.24, 2.45) is 0 Å². The Morgan fingerprint density at radius 1 is 0.786 bits per heavy atom. The van der Waals surface area contributed by atoms with E-state index in [-0.39, 0.29) is 0 Å². The fourth-order valence-electron chi connectivity index (χ4n) is 0.612. The van der Waals surface area contributed by atoms with E-state index in [4.69, 9.17) is 0 Å². The normalized spacial score (nSPS) is 9.43. The van der Waals surface area contributed by atoms with Crippen molar-refractivity contribution >= 4 is 0 Å². The van der Waals surface area contributed by atoms with Crippen molar-refractivity contribution in [2.75, 3.05) is 0 Å². The zero-order chi connectivity index (χ0) is 10.8. The molecule has 0 spiro atoms. The molecule has 70 valence electrons. The first-order valence-electron chi connectivity index (χ1n) is 4.18. The summed E-state index contributed by atoms with van der Waals surface area (Å²) in [5.41, 5.74) is 1.47. The average Bonchev–Trinajstić information content (AvgIpc) is 2.20. The second-order valence-corrected chi connectivity index (χ2v) is 2.49. The van der Waals surface area contributed by atoms with E-state index >= 15 is 0 Å². The Balaban J connectivity index is 4.29. The zero-order valence-electron chi connectivity index (χ0n) is 8.29. The molecular weight excluding hydrogens is 168 g/mol. The van der Waals surface area contributed by atoms with E-state index in [9.17, 15) is 0 Å². The molecule has 0 atom stereocenters. The van der Waals surface area contributed by atoms with Gasteiger partial charge in [0.15, 0.2) is 0 Å². The summed E-state index contributed by atoms with van der Waals surface area (Å²) in [4.78, 5) is 0. The highest BCUT2D eigenvalue weighted by Gasteiger charge is 1.79. The van der Waals surface area contributed by atoms with Crippen LogP contribution in [0.25, 0.3) is 0 Å². The summed E-state index contributed by atoms with van der Waals surface area (Å²) >= 11 is 0. The Bertz CT molecular complexity index is 317. The molecule has 0 aliphatic rings. The Kier molecular flexibility index (Phi) is 6.55. The second-order valence-electron chi connectivity index (χ2n) is 2.49. The third-order valence-electron chi connectivity index (χ3n) is 1.25. The third kappa shape index (κ3) is 6.69. The number of allylic oxidation sites excluding steroid dienone is 8. The van der Waals surface area contributed by atoms with E-state index in [1.165, 1.54) is 0 Å². The molecule has 0 heterocycles. The number of hydrogen-bond donors (Lipinski definition) is 0. The molecule has 14 heavy (non-hydrogen) atoms. The molecule has 0 N–H and O–H groups in total. The van der Waals surface area contributed by atoms with Gasteiger partial charge >= 0.3 is 0 Å². The van der Waals surface area contributed by atoms with Crippen LogP contribution < -0.4 is 0 Å². The molecule has 0 radical (unpaired) electrons. The quantitative estimate of drug-likeness (QED) is 0.460. The van der Waals surface area contributed by atoms with Gasteiger partial charge in [-0.15, -0.1) is 0 Å². The molecule has 0 aliphatic heterocycles. The monoisotopic (exact) mass is 182 g/mol. The lowest BCUT2D eigenvalue weighted by atomic mass is 10.2. The van der Waals surface area contributed by atoms with Gasteiger partial charge in [0.05, 0.1) is 0 Å². The fraction of sp³-hybridized carbons (Fsp3) is 0. The molecule has 0 aromatic rings. The summed E-state index contributed by atoms with van der Waals surface area (Å²) in [6, 6.07) is 0. The van der Waals surface area contributed by atoms with Crippen molar-refractivity contribution in [1.82, 2.24) is 0 Å². The second kappa shape index (κ2) is 7.64. The molecule has 0 aliphatic carbocycles. The van der Waals surface area contributed by atoms with Crippen molar-refractivity contribution in [1.29, 1.82) is 0 Å². The van der Waals surface area contributed by atoms with Crippen molar-refractivity contribution < 1.29 is 0 Å². The first kappa shape index (κ1) is 12.0. The van der Waals surface area contributed by atoms with Gasteiger partial charge in [0.1, 0.15) is 0 Å². The summed E-state index contributed by atoms with van der Waals surface area (Å²) in [7, 11) is 0. The minimum Gasteiger partial charge on any atom is -0.0991 e. The average molecular weight is 182 g/mol. The number of rotatable bonds is 4. The Hall–Kier alpha value is -2.00. The smallest absolute Gasteiger partial charge is 0.0177 e. The van der Waals surface area contributed by atoms with Gasteiger partial charge in [-0.05, 0) is 12.2 Å². The van der Waals surface area contributed by atoms with Gasteiger partial charge in [-0.25, -0.2) is 0 Å². The molecule has 0 bridgehead atoms. The van der Waals surface area contributed by atoms with E-state index < -0.39 is 0 Å². The topological polar surface area (TPSA) is 0 Å². The molecule has 0 unspecified atom stereocenters. The van der Waals surface area contributed by atoms with Gasteiger partial charge in [0.2, 0.25) is 0 Å². The van der Waals surface area contributed by atoms with Crippen LogP contribution in [-0.2, 0) is 0 Å². The lowest BCUT2D eigenvalue weighted by Crippen LogP contribution is -1.70. The molecule has 0 fully saturated rings. The highest BCUT2D eigenvalue weighted by Crippen LogP contribution is 1.94. The van der Waals surface area contributed by atoms with Crippen molar-refractivity contribution in [3.63, 3.8) is 0 Å². The maximum atomic E-state index is 3.75. The standard InChI is InChI=1S/C14H14/c1-5-7-9-13(3)11-12-14(4)10-8-6-2/h5-10H,1-4H2/b9-7-,10-8-. The van der Waals surface area contributed by atoms with Crippen LogP contribution in [0.15, 0.2) is 73.9 Å². The highest BCUT2D eigenvalue weighted by molar-refractivity contribution is 5.45. The number of hydrogen-bond acceptors (Lipinski definition) is 0. The van der Waals surface area contributed by atoms with E-state index in [2.05, 4.69) is 38.2 Å². The minimum atomic E-state index is 0.734. The van der Waals surface area contributed by atoms with Crippen LogP contribution in [0.1, 0.15) is 0 Å². The first-order chi connectivity index (χ1) is 6.70. The van der Waals surface area contributed by atoms with Crippen LogP contribution in [-0.4, -0.2) is 0 Å². The van der Waals surface area contributed by atoms with Crippen LogP contribution in [0.5, 0.6) is 0 Å². The largest absolute Gasteiger partial charge is 0.0991 e. The molecule has 0 saturated carbocycles. The molecule has 0 amide bonds. The van der Waals surface area contributed by atoms with E-state index in [1.54, 1.807) is 36.5 Å². The molecule has 0 aromatic heterocycles. The van der Waals surface area contributed by atoms with Crippen LogP contribution in [0.3, 0.4) is 0 Å².